The van der Waals surface area contributed by atoms with Gasteiger partial charge in [-0.25, -0.2) is 0 Å². The van der Waals surface area contributed by atoms with Crippen LogP contribution in [0.2, 0.25) is 0 Å². The van der Waals surface area contributed by atoms with Gasteiger partial charge in [-0.1, -0.05) is 30.2 Å². The summed E-state index contributed by atoms with van der Waals surface area (Å²) < 4.78 is 6.34. The molecule has 0 N–H and O–H groups in total. The van der Waals surface area contributed by atoms with Crippen LogP contribution in [0.4, 0.5) is 0 Å². The van der Waals surface area contributed by atoms with E-state index in [1.165, 1.54) is 30.4 Å². The summed E-state index contributed by atoms with van der Waals surface area (Å²) >= 11 is 0. The van der Waals surface area contributed by atoms with Crippen LogP contribution in [0.1, 0.15) is 53.4 Å². The molecule has 90 valence electrons. The van der Waals surface area contributed by atoms with Gasteiger partial charge < -0.3 is 4.74 Å². The smallest absolute Gasteiger partial charge is 0.0769 e. The second kappa shape index (κ2) is 4.37. The second-order valence-electron chi connectivity index (χ2n) is 5.86. The van der Waals surface area contributed by atoms with Crippen molar-refractivity contribution < 1.29 is 4.74 Å². The first-order chi connectivity index (χ1) is 7.52. The summed E-state index contributed by atoms with van der Waals surface area (Å²) in [6, 6.07) is 0. The maximum Gasteiger partial charge on any atom is 0.0769 e. The Kier molecular flexibility index (Phi) is 3.25. The SMILES string of the molecule is CC(C)=CC1CC(C)C2(CC=C(C)CC2)O1. The third-order valence-electron chi connectivity index (χ3n) is 4.13. The Morgan fingerprint density at radius 3 is 2.81 bits per heavy atom. The lowest BCUT2D eigenvalue weighted by Gasteiger charge is -2.35. The molecule has 2 aliphatic rings. The molecule has 1 nitrogen and oxygen atoms in total. The van der Waals surface area contributed by atoms with Crippen LogP contribution in [0.15, 0.2) is 23.3 Å². The summed E-state index contributed by atoms with van der Waals surface area (Å²) in [5.74, 6) is 0.692. The van der Waals surface area contributed by atoms with Crippen molar-refractivity contribution in [3.8, 4) is 0 Å². The maximum absolute atomic E-state index is 6.34. The van der Waals surface area contributed by atoms with Crippen molar-refractivity contribution in [3.63, 3.8) is 0 Å². The van der Waals surface area contributed by atoms with Crippen LogP contribution in [-0.2, 0) is 4.74 Å². The average Bonchev–Trinajstić information content (AvgIpc) is 2.48. The van der Waals surface area contributed by atoms with Crippen LogP contribution in [0.5, 0.6) is 0 Å². The van der Waals surface area contributed by atoms with E-state index < -0.39 is 0 Å². The van der Waals surface area contributed by atoms with Gasteiger partial charge in [-0.15, -0.1) is 0 Å². The number of hydrogen-bond donors (Lipinski definition) is 0. The number of allylic oxidation sites excluding steroid dienone is 2. The molecule has 1 spiro atoms. The molecule has 0 aromatic heterocycles. The van der Waals surface area contributed by atoms with E-state index in [1.807, 2.05) is 0 Å². The molecule has 3 unspecified atom stereocenters. The Morgan fingerprint density at radius 2 is 2.25 bits per heavy atom. The van der Waals surface area contributed by atoms with Gasteiger partial charge in [-0.05, 0) is 52.4 Å². The van der Waals surface area contributed by atoms with Gasteiger partial charge in [-0.2, -0.15) is 0 Å². The molecule has 1 heteroatoms. The molecular weight excluding hydrogens is 196 g/mol. The molecule has 0 aromatic carbocycles. The zero-order valence-corrected chi connectivity index (χ0v) is 11.0. The number of rotatable bonds is 1. The minimum Gasteiger partial charge on any atom is -0.367 e. The third kappa shape index (κ3) is 2.24. The molecule has 1 heterocycles. The summed E-state index contributed by atoms with van der Waals surface area (Å²) in [7, 11) is 0. The van der Waals surface area contributed by atoms with Crippen LogP contribution >= 0.6 is 0 Å². The third-order valence-corrected chi connectivity index (χ3v) is 4.13. The molecule has 1 fully saturated rings. The van der Waals surface area contributed by atoms with Gasteiger partial charge in [0.15, 0.2) is 0 Å². The average molecular weight is 220 g/mol. The summed E-state index contributed by atoms with van der Waals surface area (Å²) in [5.41, 5.74) is 3.06. The Labute approximate surface area is 99.6 Å². The summed E-state index contributed by atoms with van der Waals surface area (Å²) in [6.07, 6.45) is 9.76. The van der Waals surface area contributed by atoms with Crippen molar-refractivity contribution in [1.29, 1.82) is 0 Å². The van der Waals surface area contributed by atoms with E-state index in [1.54, 1.807) is 0 Å². The lowest BCUT2D eigenvalue weighted by atomic mass is 9.77. The minimum atomic E-state index is 0.149. The maximum atomic E-state index is 6.34. The highest BCUT2D eigenvalue weighted by molar-refractivity contribution is 5.13. The normalized spacial score (nSPS) is 38.6. The fraction of sp³-hybridized carbons (Fsp3) is 0.733. The van der Waals surface area contributed by atoms with Crippen molar-refractivity contribution in [3.05, 3.63) is 23.3 Å². The first-order valence-corrected chi connectivity index (χ1v) is 6.50. The fourth-order valence-electron chi connectivity index (χ4n) is 3.02. The lowest BCUT2D eigenvalue weighted by molar-refractivity contribution is -0.0480. The van der Waals surface area contributed by atoms with E-state index in [9.17, 15) is 0 Å². The zero-order valence-electron chi connectivity index (χ0n) is 11.0. The lowest BCUT2D eigenvalue weighted by Crippen LogP contribution is -2.35. The van der Waals surface area contributed by atoms with E-state index in [2.05, 4.69) is 39.8 Å². The predicted octanol–water partition coefficient (Wildman–Crippen LogP) is 4.25. The van der Waals surface area contributed by atoms with E-state index in [-0.39, 0.29) is 5.60 Å². The minimum absolute atomic E-state index is 0.149. The van der Waals surface area contributed by atoms with Gasteiger partial charge >= 0.3 is 0 Å². The first-order valence-electron chi connectivity index (χ1n) is 6.50. The molecule has 3 atom stereocenters. The van der Waals surface area contributed by atoms with Crippen molar-refractivity contribution in [2.24, 2.45) is 5.92 Å². The number of ether oxygens (including phenoxy) is 1. The molecular formula is C15H24O. The molecule has 0 bridgehead atoms. The van der Waals surface area contributed by atoms with E-state index in [4.69, 9.17) is 4.74 Å². The molecule has 0 aromatic rings. The fourth-order valence-corrected chi connectivity index (χ4v) is 3.02. The quantitative estimate of drug-likeness (QED) is 0.600. The first kappa shape index (κ1) is 11.9. The van der Waals surface area contributed by atoms with E-state index in [0.29, 0.717) is 12.0 Å². The summed E-state index contributed by atoms with van der Waals surface area (Å²) in [4.78, 5) is 0. The molecule has 0 radical (unpaired) electrons. The monoisotopic (exact) mass is 220 g/mol. The van der Waals surface area contributed by atoms with Crippen molar-refractivity contribution in [1.82, 2.24) is 0 Å². The standard InChI is InChI=1S/C15H24O/c1-11(2)9-14-10-13(4)15(16-14)7-5-12(3)6-8-15/h5,9,13-14H,6-8,10H2,1-4H3. The van der Waals surface area contributed by atoms with Crippen LogP contribution in [-0.4, -0.2) is 11.7 Å². The van der Waals surface area contributed by atoms with Gasteiger partial charge in [0.2, 0.25) is 0 Å². The van der Waals surface area contributed by atoms with Gasteiger partial charge in [0, 0.05) is 0 Å². The predicted molar refractivity (Wildman–Crippen MR) is 68.4 cm³/mol. The van der Waals surface area contributed by atoms with Gasteiger partial charge in [0.05, 0.1) is 11.7 Å². The Hall–Kier alpha value is -0.560. The zero-order chi connectivity index (χ0) is 11.8. The topological polar surface area (TPSA) is 9.23 Å². The van der Waals surface area contributed by atoms with Crippen molar-refractivity contribution in [2.75, 3.05) is 0 Å². The van der Waals surface area contributed by atoms with E-state index in [0.717, 1.165) is 6.42 Å². The highest BCUT2D eigenvalue weighted by Gasteiger charge is 2.45. The van der Waals surface area contributed by atoms with Crippen LogP contribution < -0.4 is 0 Å². The Bertz CT molecular complexity index is 322. The van der Waals surface area contributed by atoms with Crippen LogP contribution in [0, 0.1) is 5.92 Å². The Balaban J connectivity index is 2.10. The molecule has 1 aliphatic carbocycles. The van der Waals surface area contributed by atoms with Crippen molar-refractivity contribution >= 4 is 0 Å². The molecule has 1 saturated heterocycles. The number of hydrogen-bond acceptors (Lipinski definition) is 1. The Morgan fingerprint density at radius 1 is 1.50 bits per heavy atom. The summed E-state index contributed by atoms with van der Waals surface area (Å²) in [5, 5.41) is 0. The van der Waals surface area contributed by atoms with Crippen LogP contribution in [0.25, 0.3) is 0 Å². The van der Waals surface area contributed by atoms with Crippen LogP contribution in [0.3, 0.4) is 0 Å². The molecule has 0 saturated carbocycles. The molecule has 1 aliphatic heterocycles. The second-order valence-corrected chi connectivity index (χ2v) is 5.86. The highest BCUT2D eigenvalue weighted by atomic mass is 16.5. The summed E-state index contributed by atoms with van der Waals surface area (Å²) in [6.45, 7) is 8.90. The van der Waals surface area contributed by atoms with Gasteiger partial charge in [-0.3, -0.25) is 0 Å². The highest BCUT2D eigenvalue weighted by Crippen LogP contribution is 2.45. The van der Waals surface area contributed by atoms with Gasteiger partial charge in [0.1, 0.15) is 0 Å². The van der Waals surface area contributed by atoms with Crippen molar-refractivity contribution in [2.45, 2.75) is 65.1 Å². The molecule has 2 rings (SSSR count). The largest absolute Gasteiger partial charge is 0.367 e. The molecule has 16 heavy (non-hydrogen) atoms. The van der Waals surface area contributed by atoms with Gasteiger partial charge in [0.25, 0.3) is 0 Å². The molecule has 0 amide bonds. The van der Waals surface area contributed by atoms with E-state index >= 15 is 0 Å².